The van der Waals surface area contributed by atoms with Crippen molar-refractivity contribution in [3.05, 3.63) is 63.9 Å². The molecule has 4 aromatic rings. The minimum absolute atomic E-state index is 0.244. The van der Waals surface area contributed by atoms with Gasteiger partial charge in [0.25, 0.3) is 5.56 Å². The number of hydrogen-bond acceptors (Lipinski definition) is 3. The normalized spacial score (nSPS) is 11.3. The Bertz CT molecular complexity index is 1020. The zero-order valence-electron chi connectivity index (χ0n) is 10.8. The molecule has 21 heavy (non-hydrogen) atoms. The van der Waals surface area contributed by atoms with Gasteiger partial charge in [-0.2, -0.15) is 0 Å². The summed E-state index contributed by atoms with van der Waals surface area (Å²) >= 11 is 5.88. The van der Waals surface area contributed by atoms with Crippen LogP contribution in [0.25, 0.3) is 33.5 Å². The van der Waals surface area contributed by atoms with E-state index in [0.29, 0.717) is 21.9 Å². The molecule has 0 aliphatic carbocycles. The van der Waals surface area contributed by atoms with E-state index in [1.165, 1.54) is 0 Å². The average Bonchev–Trinajstić information content (AvgIpc) is 2.87. The van der Waals surface area contributed by atoms with Crippen LogP contribution in [-0.2, 0) is 0 Å². The third-order valence-corrected chi connectivity index (χ3v) is 3.60. The van der Waals surface area contributed by atoms with Gasteiger partial charge in [0.05, 0.1) is 0 Å². The van der Waals surface area contributed by atoms with Gasteiger partial charge in [0.1, 0.15) is 16.9 Å². The lowest BCUT2D eigenvalue weighted by molar-refractivity contribution is 0.661. The van der Waals surface area contributed by atoms with E-state index in [9.17, 15) is 4.79 Å². The zero-order valence-corrected chi connectivity index (χ0v) is 11.5. The molecule has 0 saturated heterocycles. The molecule has 0 unspecified atom stereocenters. The summed E-state index contributed by atoms with van der Waals surface area (Å²) in [6, 6.07) is 14.6. The Balaban J connectivity index is 2.05. The van der Waals surface area contributed by atoms with Crippen LogP contribution in [0.5, 0.6) is 0 Å². The first-order valence-corrected chi connectivity index (χ1v) is 6.78. The Labute approximate surface area is 124 Å². The summed E-state index contributed by atoms with van der Waals surface area (Å²) in [6.45, 7) is 0. The lowest BCUT2D eigenvalue weighted by atomic mass is 10.2. The standard InChI is InChI=1S/C16H9ClN2O2/c17-10-7-5-9(6-8-10)15-18-13-11-3-1-2-4-12(11)21-14(13)16(20)19-15/h1-8H,(H,18,19,20). The quantitative estimate of drug-likeness (QED) is 0.578. The molecule has 0 aliphatic heterocycles. The smallest absolute Gasteiger partial charge is 0.294 e. The van der Waals surface area contributed by atoms with Gasteiger partial charge in [-0.05, 0) is 36.4 Å². The third kappa shape index (κ3) is 1.92. The maximum atomic E-state index is 12.2. The van der Waals surface area contributed by atoms with Gasteiger partial charge in [-0.3, -0.25) is 4.79 Å². The zero-order chi connectivity index (χ0) is 14.4. The van der Waals surface area contributed by atoms with E-state index < -0.39 is 0 Å². The highest BCUT2D eigenvalue weighted by molar-refractivity contribution is 6.30. The second-order valence-electron chi connectivity index (χ2n) is 4.70. The number of aromatic amines is 1. The molecular formula is C16H9ClN2O2. The highest BCUT2D eigenvalue weighted by Crippen LogP contribution is 2.26. The Kier molecular flexibility index (Phi) is 2.59. The van der Waals surface area contributed by atoms with Gasteiger partial charge in [0, 0.05) is 16.0 Å². The van der Waals surface area contributed by atoms with E-state index in [0.717, 1.165) is 10.9 Å². The van der Waals surface area contributed by atoms with Crippen LogP contribution in [0.15, 0.2) is 57.7 Å². The molecular weight excluding hydrogens is 288 g/mol. The van der Waals surface area contributed by atoms with Crippen molar-refractivity contribution >= 4 is 33.7 Å². The van der Waals surface area contributed by atoms with Crippen LogP contribution >= 0.6 is 11.6 Å². The predicted molar refractivity (Wildman–Crippen MR) is 82.6 cm³/mol. The van der Waals surface area contributed by atoms with Crippen LogP contribution in [0.1, 0.15) is 0 Å². The van der Waals surface area contributed by atoms with E-state index in [2.05, 4.69) is 9.97 Å². The molecule has 1 N–H and O–H groups in total. The number of rotatable bonds is 1. The van der Waals surface area contributed by atoms with Crippen LogP contribution in [0.4, 0.5) is 0 Å². The molecule has 0 bridgehead atoms. The van der Waals surface area contributed by atoms with E-state index in [1.54, 1.807) is 12.1 Å². The molecule has 2 heterocycles. The molecule has 2 aromatic heterocycles. The number of fused-ring (bicyclic) bond motifs is 3. The molecule has 0 atom stereocenters. The third-order valence-electron chi connectivity index (χ3n) is 3.35. The monoisotopic (exact) mass is 296 g/mol. The van der Waals surface area contributed by atoms with Gasteiger partial charge in [0.2, 0.25) is 5.58 Å². The van der Waals surface area contributed by atoms with Gasteiger partial charge < -0.3 is 9.40 Å². The topological polar surface area (TPSA) is 58.9 Å². The number of nitrogens with zero attached hydrogens (tertiary/aromatic N) is 1. The summed E-state index contributed by atoms with van der Waals surface area (Å²) in [6.07, 6.45) is 0. The van der Waals surface area contributed by atoms with Crippen LogP contribution in [0.2, 0.25) is 5.02 Å². The number of nitrogens with one attached hydrogen (secondary N) is 1. The summed E-state index contributed by atoms with van der Waals surface area (Å²) in [4.78, 5) is 19.5. The van der Waals surface area contributed by atoms with E-state index in [-0.39, 0.29) is 11.1 Å². The van der Waals surface area contributed by atoms with Gasteiger partial charge in [-0.15, -0.1) is 0 Å². The molecule has 102 valence electrons. The van der Waals surface area contributed by atoms with Crippen LogP contribution in [0.3, 0.4) is 0 Å². The lowest BCUT2D eigenvalue weighted by Gasteiger charge is -2.00. The van der Waals surface area contributed by atoms with E-state index in [1.807, 2.05) is 36.4 Å². The molecule has 4 rings (SSSR count). The minimum atomic E-state index is -0.291. The summed E-state index contributed by atoms with van der Waals surface area (Å²) < 4.78 is 5.57. The fraction of sp³-hybridized carbons (Fsp3) is 0. The van der Waals surface area contributed by atoms with Crippen LogP contribution in [0, 0.1) is 0 Å². The molecule has 0 spiro atoms. The Morgan fingerprint density at radius 3 is 2.62 bits per heavy atom. The maximum absolute atomic E-state index is 12.2. The maximum Gasteiger partial charge on any atom is 0.294 e. The fourth-order valence-corrected chi connectivity index (χ4v) is 2.47. The largest absolute Gasteiger partial charge is 0.449 e. The predicted octanol–water partition coefficient (Wildman–Crippen LogP) is 3.99. The van der Waals surface area contributed by atoms with Crippen LogP contribution in [-0.4, -0.2) is 9.97 Å². The van der Waals surface area contributed by atoms with Crippen molar-refractivity contribution in [1.29, 1.82) is 0 Å². The average molecular weight is 297 g/mol. The lowest BCUT2D eigenvalue weighted by Crippen LogP contribution is -2.08. The Morgan fingerprint density at radius 1 is 1.05 bits per heavy atom. The van der Waals surface area contributed by atoms with Crippen molar-refractivity contribution in [2.24, 2.45) is 0 Å². The highest BCUT2D eigenvalue weighted by Gasteiger charge is 2.13. The number of aromatic nitrogens is 2. The molecule has 0 amide bonds. The van der Waals surface area contributed by atoms with Crippen molar-refractivity contribution in [3.8, 4) is 11.4 Å². The van der Waals surface area contributed by atoms with Gasteiger partial charge in [-0.1, -0.05) is 23.7 Å². The van der Waals surface area contributed by atoms with Crippen molar-refractivity contribution < 1.29 is 4.42 Å². The van der Waals surface area contributed by atoms with Gasteiger partial charge in [0.15, 0.2) is 0 Å². The Hall–Kier alpha value is -2.59. The number of H-pyrrole nitrogens is 1. The fourth-order valence-electron chi connectivity index (χ4n) is 2.35. The summed E-state index contributed by atoms with van der Waals surface area (Å²) in [5, 5.41) is 1.46. The first-order chi connectivity index (χ1) is 10.2. The summed E-state index contributed by atoms with van der Waals surface area (Å²) in [7, 11) is 0. The minimum Gasteiger partial charge on any atom is -0.449 e. The first-order valence-electron chi connectivity index (χ1n) is 6.40. The van der Waals surface area contributed by atoms with Crippen molar-refractivity contribution in [3.63, 3.8) is 0 Å². The van der Waals surface area contributed by atoms with E-state index >= 15 is 0 Å². The number of benzene rings is 2. The molecule has 4 nitrogen and oxygen atoms in total. The molecule has 2 aromatic carbocycles. The molecule has 0 saturated carbocycles. The molecule has 0 aliphatic rings. The van der Waals surface area contributed by atoms with Crippen LogP contribution < -0.4 is 5.56 Å². The van der Waals surface area contributed by atoms with Gasteiger partial charge in [-0.25, -0.2) is 4.98 Å². The van der Waals surface area contributed by atoms with Crippen molar-refractivity contribution in [2.75, 3.05) is 0 Å². The molecule has 0 radical (unpaired) electrons. The highest BCUT2D eigenvalue weighted by atomic mass is 35.5. The summed E-state index contributed by atoms with van der Waals surface area (Å²) in [5.74, 6) is 0.496. The number of furan rings is 1. The SMILES string of the molecule is O=c1[nH]c(-c2ccc(Cl)cc2)nc2c1oc1ccccc12. The number of para-hydroxylation sites is 1. The Morgan fingerprint density at radius 2 is 1.81 bits per heavy atom. The second-order valence-corrected chi connectivity index (χ2v) is 5.13. The van der Waals surface area contributed by atoms with Crippen molar-refractivity contribution in [2.45, 2.75) is 0 Å². The second kappa shape index (κ2) is 4.46. The molecule has 0 fully saturated rings. The molecule has 5 heteroatoms. The van der Waals surface area contributed by atoms with Gasteiger partial charge >= 0.3 is 0 Å². The number of halogens is 1. The first kappa shape index (κ1) is 12.2. The van der Waals surface area contributed by atoms with Crippen molar-refractivity contribution in [1.82, 2.24) is 9.97 Å². The van der Waals surface area contributed by atoms with E-state index in [4.69, 9.17) is 16.0 Å². The summed E-state index contributed by atoms with van der Waals surface area (Å²) in [5.41, 5.74) is 1.97. The number of hydrogen-bond donors (Lipinski definition) is 1.